The molecule has 0 N–H and O–H groups in total. The molecule has 2 aromatic rings. The van der Waals surface area contributed by atoms with Crippen molar-refractivity contribution in [2.45, 2.75) is 17.1 Å². The standard InChI is InChI=1S/C20H27N3O4S2/c1-21(13-14-23-11-3-4-12-23)19(24)16-27-18-9-7-17(8-10-18)22(2)29(25,26)20-6-5-15-28-20/h5-10,15H,3-4,11-14,16H2,1-2H3. The zero-order valence-corrected chi connectivity index (χ0v) is 18.4. The van der Waals surface area contributed by atoms with Crippen LogP contribution in [-0.4, -0.2) is 71.0 Å². The maximum atomic E-state index is 12.6. The van der Waals surface area contributed by atoms with Crippen LogP contribution in [0.5, 0.6) is 5.75 Å². The summed E-state index contributed by atoms with van der Waals surface area (Å²) in [7, 11) is -0.261. The second-order valence-electron chi connectivity index (χ2n) is 7.05. The fourth-order valence-electron chi connectivity index (χ4n) is 3.11. The Kier molecular flexibility index (Phi) is 7.15. The Labute approximate surface area is 176 Å². The maximum absolute atomic E-state index is 12.6. The van der Waals surface area contributed by atoms with Gasteiger partial charge in [-0.1, -0.05) is 6.07 Å². The first-order chi connectivity index (χ1) is 13.9. The van der Waals surface area contributed by atoms with Crippen molar-refractivity contribution in [2.75, 3.05) is 51.2 Å². The Hall–Kier alpha value is -2.10. The van der Waals surface area contributed by atoms with Crippen molar-refractivity contribution in [1.29, 1.82) is 0 Å². The highest BCUT2D eigenvalue weighted by Crippen LogP contribution is 2.26. The number of carbonyl (C=O) groups is 1. The summed E-state index contributed by atoms with van der Waals surface area (Å²) in [6.45, 7) is 3.76. The highest BCUT2D eigenvalue weighted by Gasteiger charge is 2.22. The van der Waals surface area contributed by atoms with Crippen molar-refractivity contribution in [3.8, 4) is 5.75 Å². The molecule has 0 aliphatic carbocycles. The predicted molar refractivity (Wildman–Crippen MR) is 115 cm³/mol. The average molecular weight is 438 g/mol. The van der Waals surface area contributed by atoms with E-state index in [2.05, 4.69) is 4.90 Å². The topological polar surface area (TPSA) is 70.2 Å². The van der Waals surface area contributed by atoms with Crippen molar-refractivity contribution in [3.05, 3.63) is 41.8 Å². The highest BCUT2D eigenvalue weighted by molar-refractivity contribution is 7.94. The monoisotopic (exact) mass is 437 g/mol. The van der Waals surface area contributed by atoms with E-state index in [1.807, 2.05) is 0 Å². The molecule has 0 spiro atoms. The number of amides is 1. The number of sulfonamides is 1. The van der Waals surface area contributed by atoms with E-state index < -0.39 is 10.0 Å². The van der Waals surface area contributed by atoms with E-state index >= 15 is 0 Å². The molecule has 1 aliphatic heterocycles. The molecule has 1 saturated heterocycles. The molecule has 0 radical (unpaired) electrons. The molecule has 0 atom stereocenters. The van der Waals surface area contributed by atoms with E-state index in [0.717, 1.165) is 19.6 Å². The van der Waals surface area contributed by atoms with Crippen LogP contribution in [0.15, 0.2) is 46.0 Å². The van der Waals surface area contributed by atoms with Crippen molar-refractivity contribution in [3.63, 3.8) is 0 Å². The van der Waals surface area contributed by atoms with Crippen LogP contribution >= 0.6 is 11.3 Å². The number of rotatable bonds is 9. The van der Waals surface area contributed by atoms with Crippen molar-refractivity contribution in [1.82, 2.24) is 9.80 Å². The average Bonchev–Trinajstić information content (AvgIpc) is 3.44. The van der Waals surface area contributed by atoms with E-state index in [4.69, 9.17) is 4.74 Å². The van der Waals surface area contributed by atoms with E-state index in [1.165, 1.54) is 35.5 Å². The van der Waals surface area contributed by atoms with E-state index in [0.29, 0.717) is 22.2 Å². The summed E-state index contributed by atoms with van der Waals surface area (Å²) in [6.07, 6.45) is 2.47. The number of anilines is 1. The van der Waals surface area contributed by atoms with Crippen LogP contribution in [0, 0.1) is 0 Å². The fourth-order valence-corrected chi connectivity index (χ4v) is 5.47. The van der Waals surface area contributed by atoms with Crippen LogP contribution in [0.4, 0.5) is 5.69 Å². The molecule has 158 valence electrons. The number of carbonyl (C=O) groups excluding carboxylic acids is 1. The molecular formula is C20H27N3O4S2. The summed E-state index contributed by atoms with van der Waals surface area (Å²) in [6, 6.07) is 9.98. The van der Waals surface area contributed by atoms with Gasteiger partial charge in [-0.05, 0) is 61.6 Å². The van der Waals surface area contributed by atoms with Crippen LogP contribution in [-0.2, 0) is 14.8 Å². The lowest BCUT2D eigenvalue weighted by molar-refractivity contribution is -0.132. The van der Waals surface area contributed by atoms with E-state index in [1.54, 1.807) is 53.7 Å². The molecule has 0 saturated carbocycles. The maximum Gasteiger partial charge on any atom is 0.273 e. The predicted octanol–water partition coefficient (Wildman–Crippen LogP) is 2.51. The number of nitrogens with zero attached hydrogens (tertiary/aromatic N) is 3. The molecule has 9 heteroatoms. The smallest absolute Gasteiger partial charge is 0.273 e. The van der Waals surface area contributed by atoms with Gasteiger partial charge in [0.05, 0.1) is 5.69 Å². The zero-order chi connectivity index (χ0) is 20.9. The summed E-state index contributed by atoms with van der Waals surface area (Å²) >= 11 is 1.18. The molecule has 0 unspecified atom stereocenters. The van der Waals surface area contributed by atoms with Gasteiger partial charge >= 0.3 is 0 Å². The first kappa shape index (κ1) is 21.6. The van der Waals surface area contributed by atoms with Crippen LogP contribution in [0.1, 0.15) is 12.8 Å². The number of hydrogen-bond donors (Lipinski definition) is 0. The van der Waals surface area contributed by atoms with Crippen molar-refractivity contribution < 1.29 is 17.9 Å². The fraction of sp³-hybridized carbons (Fsp3) is 0.450. The summed E-state index contributed by atoms with van der Waals surface area (Å²) in [5.41, 5.74) is 0.528. The first-order valence-corrected chi connectivity index (χ1v) is 11.9. The van der Waals surface area contributed by atoms with Crippen LogP contribution in [0.25, 0.3) is 0 Å². The van der Waals surface area contributed by atoms with Crippen LogP contribution in [0.3, 0.4) is 0 Å². The third-order valence-corrected chi connectivity index (χ3v) is 8.21. The van der Waals surface area contributed by atoms with E-state index in [-0.39, 0.29) is 12.5 Å². The van der Waals surface area contributed by atoms with Crippen molar-refractivity contribution >= 4 is 33.0 Å². The highest BCUT2D eigenvalue weighted by atomic mass is 32.2. The quantitative estimate of drug-likeness (QED) is 0.603. The van der Waals surface area contributed by atoms with Gasteiger partial charge < -0.3 is 14.5 Å². The Bertz CT molecular complexity index is 892. The van der Waals surface area contributed by atoms with Gasteiger partial charge in [0.25, 0.3) is 15.9 Å². The molecular weight excluding hydrogens is 410 g/mol. The third-order valence-electron chi connectivity index (χ3n) is 5.05. The summed E-state index contributed by atoms with van der Waals surface area (Å²) in [5, 5.41) is 1.73. The number of likely N-dealkylation sites (N-methyl/N-ethyl adjacent to an activating group) is 1. The number of thiophene rings is 1. The van der Waals surface area contributed by atoms with E-state index in [9.17, 15) is 13.2 Å². The number of benzene rings is 1. The number of ether oxygens (including phenoxy) is 1. The Morgan fingerprint density at radius 1 is 1.14 bits per heavy atom. The lowest BCUT2D eigenvalue weighted by Crippen LogP contribution is -2.37. The van der Waals surface area contributed by atoms with Gasteiger partial charge in [-0.15, -0.1) is 11.3 Å². The van der Waals surface area contributed by atoms with Gasteiger partial charge in [0, 0.05) is 27.2 Å². The first-order valence-electron chi connectivity index (χ1n) is 9.59. The third kappa shape index (κ3) is 5.49. The Morgan fingerprint density at radius 3 is 2.45 bits per heavy atom. The lowest BCUT2D eigenvalue weighted by atomic mass is 10.3. The van der Waals surface area contributed by atoms with Gasteiger partial charge in [0.2, 0.25) is 0 Å². The molecule has 1 aliphatic rings. The second-order valence-corrected chi connectivity index (χ2v) is 10.2. The molecule has 7 nitrogen and oxygen atoms in total. The zero-order valence-electron chi connectivity index (χ0n) is 16.8. The Balaban J connectivity index is 1.50. The number of hydrogen-bond acceptors (Lipinski definition) is 6. The SMILES string of the molecule is CN(CCN1CCCC1)C(=O)COc1ccc(N(C)S(=O)(=O)c2cccs2)cc1. The minimum Gasteiger partial charge on any atom is -0.484 e. The summed E-state index contributed by atoms with van der Waals surface area (Å²) in [5.74, 6) is 0.447. The molecule has 1 aromatic carbocycles. The molecule has 1 aromatic heterocycles. The van der Waals surface area contributed by atoms with Crippen LogP contribution in [0.2, 0.25) is 0 Å². The van der Waals surface area contributed by atoms with Gasteiger partial charge in [-0.3, -0.25) is 9.10 Å². The summed E-state index contributed by atoms with van der Waals surface area (Å²) < 4.78 is 32.3. The van der Waals surface area contributed by atoms with Crippen molar-refractivity contribution in [2.24, 2.45) is 0 Å². The number of likely N-dealkylation sites (tertiary alicyclic amines) is 1. The minimum absolute atomic E-state index is 0.0425. The molecule has 1 fully saturated rings. The molecule has 3 rings (SSSR count). The van der Waals surface area contributed by atoms with Gasteiger partial charge in [-0.25, -0.2) is 8.42 Å². The lowest BCUT2D eigenvalue weighted by Gasteiger charge is -2.22. The molecule has 0 bridgehead atoms. The normalized spacial score (nSPS) is 14.7. The second kappa shape index (κ2) is 9.60. The van der Waals surface area contributed by atoms with Gasteiger partial charge in [0.1, 0.15) is 9.96 Å². The molecule has 29 heavy (non-hydrogen) atoms. The largest absolute Gasteiger partial charge is 0.484 e. The molecule has 2 heterocycles. The summed E-state index contributed by atoms with van der Waals surface area (Å²) in [4.78, 5) is 16.3. The van der Waals surface area contributed by atoms with Crippen LogP contribution < -0.4 is 9.04 Å². The van der Waals surface area contributed by atoms with Gasteiger partial charge in [-0.2, -0.15) is 0 Å². The molecule has 1 amide bonds. The minimum atomic E-state index is -3.57. The Morgan fingerprint density at radius 2 is 1.83 bits per heavy atom. The van der Waals surface area contributed by atoms with Gasteiger partial charge in [0.15, 0.2) is 6.61 Å².